The number of sulfone groups is 1. The van der Waals surface area contributed by atoms with Crippen LogP contribution >= 0.6 is 0 Å². The molecule has 0 fully saturated rings. The van der Waals surface area contributed by atoms with Crippen molar-refractivity contribution in [1.82, 2.24) is 10.3 Å². The van der Waals surface area contributed by atoms with Gasteiger partial charge in [-0.15, -0.1) is 0 Å². The van der Waals surface area contributed by atoms with E-state index in [9.17, 15) is 18.0 Å². The fourth-order valence-electron chi connectivity index (χ4n) is 6.27. The van der Waals surface area contributed by atoms with Gasteiger partial charge in [0.1, 0.15) is 12.4 Å². The summed E-state index contributed by atoms with van der Waals surface area (Å²) in [5, 5.41) is 4.33. The molecule has 0 amide bonds. The van der Waals surface area contributed by atoms with Crippen molar-refractivity contribution in [3.05, 3.63) is 118 Å². The molecule has 9 heteroatoms. The van der Waals surface area contributed by atoms with Crippen LogP contribution in [0.2, 0.25) is 0 Å². The maximum absolute atomic E-state index is 14.1. The summed E-state index contributed by atoms with van der Waals surface area (Å²) < 4.78 is 35.1. The SMILES string of the molecule is COc1ccccc1[C@H]1CC(=O)C2=C(C1)NC(C)=C(C(=O)OCc1ccc(S(C)(=O)=O)cc1)[C@H]2c1cccc2[nH]ccc12. The maximum Gasteiger partial charge on any atom is 0.337 e. The van der Waals surface area contributed by atoms with Crippen LogP contribution in [0, 0.1) is 0 Å². The molecular weight excluding hydrogens is 564 g/mol. The molecule has 2 N–H and O–H groups in total. The van der Waals surface area contributed by atoms with Crippen LogP contribution in [0.15, 0.2) is 106 Å². The van der Waals surface area contributed by atoms with Gasteiger partial charge in [-0.2, -0.15) is 0 Å². The molecule has 0 bridgehead atoms. The minimum atomic E-state index is -3.34. The number of hydrogen-bond acceptors (Lipinski definition) is 7. The fraction of sp³-hybridized carbons (Fsp3) is 0.235. The van der Waals surface area contributed by atoms with Gasteiger partial charge in [0.05, 0.1) is 17.6 Å². The van der Waals surface area contributed by atoms with Gasteiger partial charge >= 0.3 is 5.97 Å². The van der Waals surface area contributed by atoms with E-state index >= 15 is 0 Å². The maximum atomic E-state index is 14.1. The molecule has 0 saturated carbocycles. The fourth-order valence-corrected chi connectivity index (χ4v) is 6.90. The van der Waals surface area contributed by atoms with E-state index in [1.54, 1.807) is 19.2 Å². The molecule has 220 valence electrons. The molecular formula is C34H32N2O6S. The molecule has 0 unspecified atom stereocenters. The largest absolute Gasteiger partial charge is 0.496 e. The number of para-hydroxylation sites is 1. The number of methoxy groups -OCH3 is 1. The highest BCUT2D eigenvalue weighted by Crippen LogP contribution is 2.48. The number of dihydropyridines is 1. The van der Waals surface area contributed by atoms with E-state index in [1.165, 1.54) is 12.1 Å². The number of carbonyl (C=O) groups is 2. The highest BCUT2D eigenvalue weighted by atomic mass is 32.2. The summed E-state index contributed by atoms with van der Waals surface area (Å²) in [4.78, 5) is 31.3. The van der Waals surface area contributed by atoms with E-state index in [0.29, 0.717) is 28.8 Å². The molecule has 0 saturated heterocycles. The number of ketones is 1. The normalized spacial score (nSPS) is 18.8. The minimum Gasteiger partial charge on any atom is -0.496 e. The van der Waals surface area contributed by atoms with E-state index in [-0.39, 0.29) is 29.6 Å². The Morgan fingerprint density at radius 1 is 0.953 bits per heavy atom. The second-order valence-corrected chi connectivity index (χ2v) is 13.1. The molecule has 3 aromatic carbocycles. The first-order valence-electron chi connectivity index (χ1n) is 14.0. The molecule has 0 spiro atoms. The molecule has 2 atom stereocenters. The third-order valence-electron chi connectivity index (χ3n) is 8.29. The van der Waals surface area contributed by atoms with Crippen LogP contribution < -0.4 is 10.1 Å². The monoisotopic (exact) mass is 596 g/mol. The molecule has 4 aromatic rings. The molecule has 1 aliphatic heterocycles. The Morgan fingerprint density at radius 3 is 2.44 bits per heavy atom. The van der Waals surface area contributed by atoms with Crippen LogP contribution in [0.25, 0.3) is 10.9 Å². The van der Waals surface area contributed by atoms with Gasteiger partial charge in [-0.1, -0.05) is 42.5 Å². The Labute approximate surface area is 250 Å². The van der Waals surface area contributed by atoms with Crippen LogP contribution in [0.4, 0.5) is 0 Å². The first-order valence-corrected chi connectivity index (χ1v) is 15.9. The van der Waals surface area contributed by atoms with Gasteiger partial charge in [0, 0.05) is 58.6 Å². The predicted octanol–water partition coefficient (Wildman–Crippen LogP) is 5.69. The molecule has 6 rings (SSSR count). The highest BCUT2D eigenvalue weighted by molar-refractivity contribution is 7.90. The van der Waals surface area contributed by atoms with Crippen molar-refractivity contribution in [3.63, 3.8) is 0 Å². The first kappa shape index (κ1) is 28.5. The Kier molecular flexibility index (Phi) is 7.43. The number of ether oxygens (including phenoxy) is 2. The number of nitrogens with one attached hydrogen (secondary N) is 2. The molecule has 1 aromatic heterocycles. The van der Waals surface area contributed by atoms with Gasteiger partial charge in [-0.05, 0) is 60.4 Å². The molecule has 1 aliphatic carbocycles. The third kappa shape index (κ3) is 5.36. The lowest BCUT2D eigenvalue weighted by Gasteiger charge is -2.37. The second-order valence-electron chi connectivity index (χ2n) is 11.0. The number of esters is 1. The summed E-state index contributed by atoms with van der Waals surface area (Å²) in [7, 11) is -1.71. The topological polar surface area (TPSA) is 115 Å². The van der Waals surface area contributed by atoms with Gasteiger partial charge in [0.25, 0.3) is 0 Å². The quantitative estimate of drug-likeness (QED) is 0.264. The summed E-state index contributed by atoms with van der Waals surface area (Å²) in [6, 6.07) is 21.8. The van der Waals surface area contributed by atoms with Crippen molar-refractivity contribution in [2.75, 3.05) is 13.4 Å². The predicted molar refractivity (Wildman–Crippen MR) is 163 cm³/mol. The van der Waals surface area contributed by atoms with Gasteiger partial charge in [0.15, 0.2) is 15.6 Å². The van der Waals surface area contributed by atoms with E-state index < -0.39 is 21.7 Å². The number of rotatable bonds is 7. The number of benzene rings is 3. The van der Waals surface area contributed by atoms with Crippen LogP contribution in [-0.4, -0.2) is 38.5 Å². The van der Waals surface area contributed by atoms with E-state index in [0.717, 1.165) is 39.7 Å². The molecule has 2 heterocycles. The van der Waals surface area contributed by atoms with Crippen LogP contribution in [-0.2, 0) is 30.8 Å². The summed E-state index contributed by atoms with van der Waals surface area (Å²) in [6.07, 6.45) is 3.87. The summed E-state index contributed by atoms with van der Waals surface area (Å²) in [5.41, 5.74) is 5.77. The zero-order chi connectivity index (χ0) is 30.3. The lowest BCUT2D eigenvalue weighted by Crippen LogP contribution is -2.36. The smallest absolute Gasteiger partial charge is 0.337 e. The van der Waals surface area contributed by atoms with Crippen LogP contribution in [0.3, 0.4) is 0 Å². The summed E-state index contributed by atoms with van der Waals surface area (Å²) >= 11 is 0. The summed E-state index contributed by atoms with van der Waals surface area (Å²) in [5.74, 6) is -0.524. The van der Waals surface area contributed by atoms with E-state index in [2.05, 4.69) is 10.3 Å². The number of fused-ring (bicyclic) bond motifs is 1. The average Bonchev–Trinajstić information content (AvgIpc) is 3.48. The van der Waals surface area contributed by atoms with Gasteiger partial charge in [0.2, 0.25) is 0 Å². The number of hydrogen-bond donors (Lipinski definition) is 2. The van der Waals surface area contributed by atoms with E-state index in [1.807, 2.05) is 61.7 Å². The van der Waals surface area contributed by atoms with Crippen molar-refractivity contribution in [3.8, 4) is 5.75 Å². The molecule has 2 aliphatic rings. The van der Waals surface area contributed by atoms with Crippen LogP contribution in [0.1, 0.15) is 48.3 Å². The number of H-pyrrole nitrogens is 1. The number of aromatic nitrogens is 1. The minimum absolute atomic E-state index is 0.0311. The molecule has 43 heavy (non-hydrogen) atoms. The van der Waals surface area contributed by atoms with Crippen molar-refractivity contribution in [2.24, 2.45) is 0 Å². The van der Waals surface area contributed by atoms with Crippen molar-refractivity contribution in [2.45, 2.75) is 43.1 Å². The van der Waals surface area contributed by atoms with Crippen LogP contribution in [0.5, 0.6) is 5.75 Å². The van der Waals surface area contributed by atoms with Gasteiger partial charge in [-0.3, -0.25) is 4.79 Å². The summed E-state index contributed by atoms with van der Waals surface area (Å²) in [6.45, 7) is 1.79. The Morgan fingerprint density at radius 2 is 1.70 bits per heavy atom. The Hall–Kier alpha value is -4.63. The second kappa shape index (κ2) is 11.2. The van der Waals surface area contributed by atoms with Crippen molar-refractivity contribution in [1.29, 1.82) is 0 Å². The third-order valence-corrected chi connectivity index (χ3v) is 9.42. The zero-order valence-electron chi connectivity index (χ0n) is 24.1. The first-order chi connectivity index (χ1) is 20.7. The van der Waals surface area contributed by atoms with Gasteiger partial charge < -0.3 is 19.8 Å². The van der Waals surface area contributed by atoms with Crippen molar-refractivity contribution >= 4 is 32.5 Å². The number of Topliss-reactive ketones (excluding diaryl/α,β-unsaturated/α-hetero) is 1. The Balaban J connectivity index is 1.37. The average molecular weight is 597 g/mol. The van der Waals surface area contributed by atoms with Crippen molar-refractivity contribution < 1.29 is 27.5 Å². The molecule has 0 radical (unpaired) electrons. The lowest BCUT2D eigenvalue weighted by atomic mass is 9.71. The molecule has 8 nitrogen and oxygen atoms in total. The number of allylic oxidation sites excluding steroid dienone is 3. The number of aromatic amines is 1. The Bertz CT molecular complexity index is 1920. The van der Waals surface area contributed by atoms with E-state index in [4.69, 9.17) is 9.47 Å². The van der Waals surface area contributed by atoms with Gasteiger partial charge in [-0.25, -0.2) is 13.2 Å². The number of carbonyl (C=O) groups excluding carboxylic acids is 2. The lowest BCUT2D eigenvalue weighted by molar-refractivity contribution is -0.140. The zero-order valence-corrected chi connectivity index (χ0v) is 25.0. The standard InChI is InChI=1S/C34H32N2O6S/c1-20-31(34(38)42-19-21-11-13-23(14-12-21)43(3,39)40)32(26-8-6-9-27-25(26)15-16-35-27)33-28(36-20)17-22(18-29(33)37)24-7-4-5-10-30(24)41-2/h4-16,22,32,35-36H,17-19H2,1-3H3/t22-,32-/m1/s1. The highest BCUT2D eigenvalue weighted by Gasteiger charge is 2.42.